The number of pyridine rings is 1. The summed E-state index contributed by atoms with van der Waals surface area (Å²) in [6.07, 6.45) is 4.92. The first kappa shape index (κ1) is 13.3. The fourth-order valence-corrected chi connectivity index (χ4v) is 2.02. The monoisotopic (exact) mass is 261 g/mol. The molecule has 1 aromatic rings. The van der Waals surface area contributed by atoms with E-state index in [-0.39, 0.29) is 12.0 Å². The second-order valence-corrected chi connectivity index (χ2v) is 4.62. The molecule has 3 N–H and O–H groups in total. The summed E-state index contributed by atoms with van der Waals surface area (Å²) in [6.45, 7) is 3.45. The molecule has 0 unspecified atom stereocenters. The summed E-state index contributed by atoms with van der Waals surface area (Å²) in [4.78, 5) is 21.9. The highest BCUT2D eigenvalue weighted by Crippen LogP contribution is 2.12. The number of rotatable bonds is 1. The van der Waals surface area contributed by atoms with Crippen LogP contribution in [-0.4, -0.2) is 35.0 Å². The fraction of sp³-hybridized carbons (Fsp3) is 0.462. The number of likely N-dealkylation sites (tertiary alicyclic amines) is 1. The molecule has 0 aliphatic carbocycles. The number of piperidine rings is 1. The van der Waals surface area contributed by atoms with Crippen LogP contribution < -0.4 is 11.1 Å². The Balaban J connectivity index is 1.98. The largest absolute Gasteiger partial charge is 0.369 e. The van der Waals surface area contributed by atoms with E-state index in [1.165, 1.54) is 6.42 Å². The van der Waals surface area contributed by atoms with Gasteiger partial charge in [-0.25, -0.2) is 9.78 Å². The SMILES string of the molecule is Cc1cccnc1/N=C(\N)NC(=O)N1CCCCC1. The summed E-state index contributed by atoms with van der Waals surface area (Å²) in [7, 11) is 0. The van der Waals surface area contributed by atoms with E-state index in [0.29, 0.717) is 5.82 Å². The number of aryl methyl sites for hydroxylation is 1. The van der Waals surface area contributed by atoms with Gasteiger partial charge in [-0.1, -0.05) is 6.07 Å². The number of urea groups is 1. The molecule has 19 heavy (non-hydrogen) atoms. The highest BCUT2D eigenvalue weighted by Gasteiger charge is 2.16. The zero-order valence-corrected chi connectivity index (χ0v) is 11.1. The van der Waals surface area contributed by atoms with E-state index in [9.17, 15) is 4.79 Å². The van der Waals surface area contributed by atoms with Gasteiger partial charge in [0.1, 0.15) is 0 Å². The molecule has 0 atom stereocenters. The van der Waals surface area contributed by atoms with E-state index in [4.69, 9.17) is 5.73 Å². The topological polar surface area (TPSA) is 83.6 Å². The van der Waals surface area contributed by atoms with E-state index in [1.807, 2.05) is 19.1 Å². The van der Waals surface area contributed by atoms with E-state index in [0.717, 1.165) is 31.5 Å². The van der Waals surface area contributed by atoms with Gasteiger partial charge in [0.05, 0.1) is 0 Å². The molecule has 6 nitrogen and oxygen atoms in total. The molecule has 2 rings (SSSR count). The Kier molecular flexibility index (Phi) is 4.33. The number of hydrogen-bond acceptors (Lipinski definition) is 3. The number of guanidine groups is 1. The van der Waals surface area contributed by atoms with Gasteiger partial charge in [0.25, 0.3) is 0 Å². The summed E-state index contributed by atoms with van der Waals surface area (Å²) < 4.78 is 0. The number of hydrogen-bond donors (Lipinski definition) is 2. The second-order valence-electron chi connectivity index (χ2n) is 4.62. The van der Waals surface area contributed by atoms with Gasteiger partial charge in [0.2, 0.25) is 5.96 Å². The van der Waals surface area contributed by atoms with Gasteiger partial charge >= 0.3 is 6.03 Å². The van der Waals surface area contributed by atoms with Crippen LogP contribution in [0.1, 0.15) is 24.8 Å². The van der Waals surface area contributed by atoms with Crippen LogP contribution in [0.5, 0.6) is 0 Å². The van der Waals surface area contributed by atoms with E-state index in [2.05, 4.69) is 15.3 Å². The molecule has 1 saturated heterocycles. The summed E-state index contributed by atoms with van der Waals surface area (Å²) in [6, 6.07) is 3.54. The van der Waals surface area contributed by atoms with Gasteiger partial charge in [0, 0.05) is 19.3 Å². The van der Waals surface area contributed by atoms with E-state index in [1.54, 1.807) is 11.1 Å². The summed E-state index contributed by atoms with van der Waals surface area (Å²) in [5, 5.41) is 2.60. The number of carbonyl (C=O) groups excluding carboxylic acids is 1. The quantitative estimate of drug-likeness (QED) is 0.594. The van der Waals surface area contributed by atoms with Crippen molar-refractivity contribution in [3.05, 3.63) is 23.9 Å². The summed E-state index contributed by atoms with van der Waals surface area (Å²) >= 11 is 0. The molecule has 1 fully saturated rings. The summed E-state index contributed by atoms with van der Waals surface area (Å²) in [5.41, 5.74) is 6.65. The van der Waals surface area contributed by atoms with Crippen molar-refractivity contribution in [2.24, 2.45) is 10.7 Å². The van der Waals surface area contributed by atoms with Crippen molar-refractivity contribution in [2.75, 3.05) is 13.1 Å². The highest BCUT2D eigenvalue weighted by molar-refractivity contribution is 5.96. The first-order chi connectivity index (χ1) is 9.16. The first-order valence-electron chi connectivity index (χ1n) is 6.48. The minimum atomic E-state index is -0.186. The lowest BCUT2D eigenvalue weighted by Crippen LogP contribution is -2.47. The van der Waals surface area contributed by atoms with Gasteiger partial charge in [-0.05, 0) is 37.8 Å². The predicted octanol–water partition coefficient (Wildman–Crippen LogP) is 1.53. The Labute approximate surface area is 112 Å². The Morgan fingerprint density at radius 2 is 2.16 bits per heavy atom. The number of nitrogens with zero attached hydrogens (tertiary/aromatic N) is 3. The van der Waals surface area contributed by atoms with Gasteiger partial charge in [-0.15, -0.1) is 0 Å². The van der Waals surface area contributed by atoms with Crippen LogP contribution >= 0.6 is 0 Å². The smallest absolute Gasteiger partial charge is 0.324 e. The molecule has 0 radical (unpaired) electrons. The first-order valence-corrected chi connectivity index (χ1v) is 6.48. The maximum Gasteiger partial charge on any atom is 0.324 e. The van der Waals surface area contributed by atoms with Crippen molar-refractivity contribution in [3.63, 3.8) is 0 Å². The Morgan fingerprint density at radius 3 is 2.84 bits per heavy atom. The maximum atomic E-state index is 11.9. The Hall–Kier alpha value is -2.11. The van der Waals surface area contributed by atoms with Crippen LogP contribution in [0, 0.1) is 6.92 Å². The van der Waals surface area contributed by atoms with Crippen LogP contribution in [0.4, 0.5) is 10.6 Å². The van der Waals surface area contributed by atoms with Crippen molar-refractivity contribution < 1.29 is 4.79 Å². The van der Waals surface area contributed by atoms with Crippen LogP contribution in [0.15, 0.2) is 23.3 Å². The molecule has 1 aliphatic heterocycles. The molecular weight excluding hydrogens is 242 g/mol. The lowest BCUT2D eigenvalue weighted by molar-refractivity contribution is 0.191. The van der Waals surface area contributed by atoms with Crippen LogP contribution in [0.25, 0.3) is 0 Å². The predicted molar refractivity (Wildman–Crippen MR) is 74.2 cm³/mol. The second kappa shape index (κ2) is 6.17. The zero-order chi connectivity index (χ0) is 13.7. The number of aliphatic imine (C=N–C) groups is 1. The molecule has 1 aliphatic rings. The number of carbonyl (C=O) groups is 1. The molecule has 0 aromatic carbocycles. The standard InChI is InChI=1S/C13H19N5O/c1-10-6-5-7-15-11(10)16-12(14)17-13(19)18-8-3-2-4-9-18/h5-7H,2-4,8-9H2,1H3,(H3,14,15,16,17,19). The van der Waals surface area contributed by atoms with Gasteiger partial charge in [0.15, 0.2) is 5.82 Å². The van der Waals surface area contributed by atoms with E-state index < -0.39 is 0 Å². The third-order valence-corrected chi connectivity index (χ3v) is 3.09. The lowest BCUT2D eigenvalue weighted by atomic mass is 10.1. The average molecular weight is 261 g/mol. The van der Waals surface area contributed by atoms with E-state index >= 15 is 0 Å². The van der Waals surface area contributed by atoms with Crippen molar-refractivity contribution in [1.82, 2.24) is 15.2 Å². The normalized spacial score (nSPS) is 16.3. The zero-order valence-electron chi connectivity index (χ0n) is 11.1. The molecule has 0 saturated carbocycles. The Bertz CT molecular complexity index is 480. The third-order valence-electron chi connectivity index (χ3n) is 3.09. The third kappa shape index (κ3) is 3.67. The molecule has 0 spiro atoms. The minimum Gasteiger partial charge on any atom is -0.369 e. The molecule has 6 heteroatoms. The lowest BCUT2D eigenvalue weighted by Gasteiger charge is -2.26. The maximum absolute atomic E-state index is 11.9. The summed E-state index contributed by atoms with van der Waals surface area (Å²) in [5.74, 6) is 0.608. The molecule has 1 aromatic heterocycles. The molecule has 2 amide bonds. The van der Waals surface area contributed by atoms with Gasteiger partial charge in [-0.2, -0.15) is 4.99 Å². The fourth-order valence-electron chi connectivity index (χ4n) is 2.02. The van der Waals surface area contributed by atoms with Gasteiger partial charge in [-0.3, -0.25) is 5.32 Å². The average Bonchev–Trinajstić information content (AvgIpc) is 2.42. The Morgan fingerprint density at radius 1 is 1.42 bits per heavy atom. The van der Waals surface area contributed by atoms with Crippen LogP contribution in [0.2, 0.25) is 0 Å². The molecule has 0 bridgehead atoms. The minimum absolute atomic E-state index is 0.0809. The highest BCUT2D eigenvalue weighted by atomic mass is 16.2. The van der Waals surface area contributed by atoms with Crippen molar-refractivity contribution in [3.8, 4) is 0 Å². The number of amides is 2. The number of nitrogens with one attached hydrogen (secondary N) is 1. The van der Waals surface area contributed by atoms with Gasteiger partial charge < -0.3 is 10.6 Å². The number of aromatic nitrogens is 1. The van der Waals surface area contributed by atoms with Crippen LogP contribution in [0.3, 0.4) is 0 Å². The molecule has 2 heterocycles. The molecular formula is C13H19N5O. The number of nitrogens with two attached hydrogens (primary N) is 1. The van der Waals surface area contributed by atoms with Crippen LogP contribution in [-0.2, 0) is 0 Å². The molecule has 102 valence electrons. The van der Waals surface area contributed by atoms with Crippen molar-refractivity contribution in [2.45, 2.75) is 26.2 Å². The van der Waals surface area contributed by atoms with Crippen molar-refractivity contribution in [1.29, 1.82) is 0 Å². The van der Waals surface area contributed by atoms with Crippen molar-refractivity contribution >= 4 is 17.8 Å².